The Morgan fingerprint density at radius 1 is 1.40 bits per heavy atom. The molecule has 2 rings (SSSR count). The van der Waals surface area contributed by atoms with Crippen LogP contribution in [0.3, 0.4) is 0 Å². The van der Waals surface area contributed by atoms with Gasteiger partial charge in [-0.3, -0.25) is 19.8 Å². The Balaban J connectivity index is 2.39. The minimum atomic E-state index is -1.02. The molecule has 1 aromatic carbocycles. The van der Waals surface area contributed by atoms with Gasteiger partial charge in [0.15, 0.2) is 0 Å². The Bertz CT molecular complexity index is 613. The maximum atomic E-state index is 13.3. The molecule has 0 aliphatic carbocycles. The number of benzene rings is 1. The number of hydrogen-bond acceptors (Lipinski definition) is 4. The molecule has 0 atom stereocenters. The van der Waals surface area contributed by atoms with E-state index in [1.165, 1.54) is 6.07 Å². The summed E-state index contributed by atoms with van der Waals surface area (Å²) in [5.41, 5.74) is 1.31. The van der Waals surface area contributed by atoms with E-state index in [0.29, 0.717) is 0 Å². The molecule has 0 spiro atoms. The van der Waals surface area contributed by atoms with Gasteiger partial charge in [0.2, 0.25) is 5.91 Å². The van der Waals surface area contributed by atoms with Gasteiger partial charge in [-0.25, -0.2) is 10.2 Å². The summed E-state index contributed by atoms with van der Waals surface area (Å²) in [5.74, 6) is 2.56. The van der Waals surface area contributed by atoms with Gasteiger partial charge in [-0.15, -0.1) is 0 Å². The molecule has 106 valence electrons. The van der Waals surface area contributed by atoms with Gasteiger partial charge in [0, 0.05) is 6.54 Å². The fraction of sp³-hybridized carbons (Fsp3) is 0.308. The molecule has 1 aliphatic rings. The van der Waals surface area contributed by atoms with Crippen molar-refractivity contribution in [2.45, 2.75) is 13.8 Å². The Morgan fingerprint density at radius 3 is 2.65 bits per heavy atom. The van der Waals surface area contributed by atoms with Crippen molar-refractivity contribution in [3.63, 3.8) is 0 Å². The second-order valence-corrected chi connectivity index (χ2v) is 5.24. The van der Waals surface area contributed by atoms with Gasteiger partial charge in [0.25, 0.3) is 11.7 Å². The van der Waals surface area contributed by atoms with Crippen LogP contribution in [-0.4, -0.2) is 24.1 Å². The first-order valence-corrected chi connectivity index (χ1v) is 5.95. The van der Waals surface area contributed by atoms with E-state index in [0.717, 1.165) is 17.0 Å². The van der Waals surface area contributed by atoms with Gasteiger partial charge in [-0.1, -0.05) is 0 Å². The number of nitrogens with zero attached hydrogens (tertiary/aromatic N) is 1. The molecule has 1 aromatic rings. The quantitative estimate of drug-likeness (QED) is 0.362. The largest absolute Gasteiger partial charge is 0.304 e. The summed E-state index contributed by atoms with van der Waals surface area (Å²) < 4.78 is 13.3. The highest BCUT2D eigenvalue weighted by molar-refractivity contribution is 6.52. The topological polar surface area (TPSA) is 92.5 Å². The molecule has 0 bridgehead atoms. The number of carbonyl (C=O) groups is 3. The van der Waals surface area contributed by atoms with Crippen LogP contribution >= 0.6 is 0 Å². The second kappa shape index (κ2) is 4.68. The van der Waals surface area contributed by atoms with Gasteiger partial charge in [0.05, 0.1) is 16.7 Å². The molecule has 7 heteroatoms. The first kappa shape index (κ1) is 14.1. The zero-order chi connectivity index (χ0) is 15.1. The molecule has 0 radical (unpaired) electrons. The molecular weight excluding hydrogens is 265 g/mol. The summed E-state index contributed by atoms with van der Waals surface area (Å²) in [6.45, 7) is 3.07. The van der Waals surface area contributed by atoms with Crippen molar-refractivity contribution in [1.29, 1.82) is 0 Å². The summed E-state index contributed by atoms with van der Waals surface area (Å²) in [5, 5.41) is 0. The highest BCUT2D eigenvalue weighted by Crippen LogP contribution is 2.32. The fourth-order valence-corrected chi connectivity index (χ4v) is 2.09. The maximum Gasteiger partial charge on any atom is 0.299 e. The number of hydrazine groups is 1. The van der Waals surface area contributed by atoms with Crippen LogP contribution in [-0.2, 0) is 9.59 Å². The van der Waals surface area contributed by atoms with Crippen molar-refractivity contribution < 1.29 is 18.8 Å². The molecule has 20 heavy (non-hydrogen) atoms. The van der Waals surface area contributed by atoms with Crippen LogP contribution in [0.1, 0.15) is 24.2 Å². The van der Waals surface area contributed by atoms with Gasteiger partial charge >= 0.3 is 0 Å². The summed E-state index contributed by atoms with van der Waals surface area (Å²) >= 11 is 0. The normalized spacial score (nSPS) is 14.5. The highest BCUT2D eigenvalue weighted by Gasteiger charge is 2.40. The van der Waals surface area contributed by atoms with E-state index in [1.807, 2.05) is 5.43 Å². The number of hydrogen-bond donors (Lipinski definition) is 2. The number of Topliss-reactive ketones (excluding diaryl/α,β-unsaturated/α-hetero) is 1. The lowest BCUT2D eigenvalue weighted by atomic mass is 9.91. The fourth-order valence-electron chi connectivity index (χ4n) is 2.09. The molecule has 2 amide bonds. The van der Waals surface area contributed by atoms with Gasteiger partial charge in [0.1, 0.15) is 5.82 Å². The zero-order valence-corrected chi connectivity index (χ0v) is 11.1. The molecule has 0 unspecified atom stereocenters. The number of halogens is 1. The maximum absolute atomic E-state index is 13.3. The average molecular weight is 279 g/mol. The van der Waals surface area contributed by atoms with Crippen LogP contribution in [0.15, 0.2) is 18.2 Å². The van der Waals surface area contributed by atoms with Crippen molar-refractivity contribution in [1.82, 2.24) is 5.43 Å². The first-order valence-electron chi connectivity index (χ1n) is 5.95. The summed E-state index contributed by atoms with van der Waals surface area (Å²) in [6.07, 6.45) is 0. The summed E-state index contributed by atoms with van der Waals surface area (Å²) in [4.78, 5) is 36.5. The molecule has 6 nitrogen and oxygen atoms in total. The smallest absolute Gasteiger partial charge is 0.299 e. The molecule has 1 heterocycles. The van der Waals surface area contributed by atoms with Crippen molar-refractivity contribution in [3.05, 3.63) is 29.6 Å². The lowest BCUT2D eigenvalue weighted by Gasteiger charge is -2.28. The van der Waals surface area contributed by atoms with E-state index >= 15 is 0 Å². The predicted molar refractivity (Wildman–Crippen MR) is 69.2 cm³/mol. The molecule has 1 aliphatic heterocycles. The average Bonchev–Trinajstić information content (AvgIpc) is 2.62. The van der Waals surface area contributed by atoms with E-state index in [2.05, 4.69) is 0 Å². The number of rotatable bonds is 3. The van der Waals surface area contributed by atoms with Crippen LogP contribution in [0, 0.1) is 11.2 Å². The number of nitrogens with two attached hydrogens (primary N) is 1. The van der Waals surface area contributed by atoms with Crippen molar-refractivity contribution in [2.24, 2.45) is 11.3 Å². The van der Waals surface area contributed by atoms with Gasteiger partial charge in [-0.2, -0.15) is 0 Å². The van der Waals surface area contributed by atoms with Crippen molar-refractivity contribution in [2.75, 3.05) is 11.4 Å². The van der Waals surface area contributed by atoms with E-state index < -0.39 is 28.8 Å². The summed E-state index contributed by atoms with van der Waals surface area (Å²) in [7, 11) is 0. The molecular formula is C13H14FN3O3. The van der Waals surface area contributed by atoms with Crippen LogP contribution < -0.4 is 16.2 Å². The Kier molecular flexibility index (Phi) is 3.31. The third-order valence-electron chi connectivity index (χ3n) is 3.23. The number of anilines is 1. The van der Waals surface area contributed by atoms with Crippen LogP contribution in [0.5, 0.6) is 0 Å². The van der Waals surface area contributed by atoms with E-state index in [-0.39, 0.29) is 17.8 Å². The number of carbonyl (C=O) groups excluding carboxylic acids is 3. The molecule has 0 aromatic heterocycles. The lowest BCUT2D eigenvalue weighted by Crippen LogP contribution is -2.48. The zero-order valence-electron chi connectivity index (χ0n) is 11.1. The Labute approximate surface area is 114 Å². The highest BCUT2D eigenvalue weighted by atomic mass is 19.1. The number of nitrogens with one attached hydrogen (secondary N) is 1. The van der Waals surface area contributed by atoms with Crippen LogP contribution in [0.4, 0.5) is 10.1 Å². The molecule has 0 saturated heterocycles. The minimum absolute atomic E-state index is 0.0724. The number of ketones is 1. The van der Waals surface area contributed by atoms with E-state index in [4.69, 9.17) is 5.84 Å². The number of amides is 2. The number of fused-ring (bicyclic) bond motifs is 1. The standard InChI is InChI=1S/C13H14FN3O3/c1-13(2,12(20)16-15)6-17-9-5-7(14)3-4-8(9)10(18)11(17)19/h3-5H,6,15H2,1-2H3,(H,16,20). The lowest BCUT2D eigenvalue weighted by molar-refractivity contribution is -0.129. The third kappa shape index (κ3) is 2.16. The van der Waals surface area contributed by atoms with Crippen LogP contribution in [0.2, 0.25) is 0 Å². The molecule has 0 saturated carbocycles. The van der Waals surface area contributed by atoms with Gasteiger partial charge < -0.3 is 4.90 Å². The molecule has 0 fully saturated rings. The summed E-state index contributed by atoms with van der Waals surface area (Å²) in [6, 6.07) is 3.49. The van der Waals surface area contributed by atoms with E-state index in [1.54, 1.807) is 13.8 Å². The third-order valence-corrected chi connectivity index (χ3v) is 3.23. The Hall–Kier alpha value is -2.28. The van der Waals surface area contributed by atoms with Crippen molar-refractivity contribution in [3.8, 4) is 0 Å². The minimum Gasteiger partial charge on any atom is -0.304 e. The predicted octanol–water partition coefficient (Wildman–Crippen LogP) is 0.371. The van der Waals surface area contributed by atoms with Gasteiger partial charge in [-0.05, 0) is 32.0 Å². The van der Waals surface area contributed by atoms with Crippen molar-refractivity contribution >= 4 is 23.3 Å². The second-order valence-electron chi connectivity index (χ2n) is 5.24. The monoisotopic (exact) mass is 279 g/mol. The molecule has 3 N–H and O–H groups in total. The SMILES string of the molecule is CC(C)(CN1C(=O)C(=O)c2ccc(F)cc21)C(=O)NN. The first-order chi connectivity index (χ1) is 9.27. The van der Waals surface area contributed by atoms with E-state index in [9.17, 15) is 18.8 Å². The Morgan fingerprint density at radius 2 is 2.05 bits per heavy atom. The van der Waals surface area contributed by atoms with Crippen LogP contribution in [0.25, 0.3) is 0 Å².